The number of nitrogens with zero attached hydrogens (tertiary/aromatic N) is 2. The number of methoxy groups -OCH3 is 1. The number of rotatable bonds is 7. The normalized spacial score (nSPS) is 11.3. The van der Waals surface area contributed by atoms with E-state index < -0.39 is 22.5 Å². The molecule has 1 aromatic heterocycles. The highest BCUT2D eigenvalue weighted by molar-refractivity contribution is 7.93. The molecule has 4 rings (SSSR count). The van der Waals surface area contributed by atoms with Crippen molar-refractivity contribution in [1.82, 2.24) is 4.98 Å². The second-order valence-corrected chi connectivity index (χ2v) is 9.76. The highest BCUT2D eigenvalue weighted by Crippen LogP contribution is 2.30. The van der Waals surface area contributed by atoms with E-state index in [0.717, 1.165) is 15.4 Å². The lowest BCUT2D eigenvalue weighted by molar-refractivity contribution is -0.114. The average Bonchev–Trinajstić information content (AvgIpc) is 2.84. The molecule has 1 N–H and O–H groups in total. The molecule has 0 atom stereocenters. The molecule has 1 amide bonds. The van der Waals surface area contributed by atoms with Crippen LogP contribution in [0.4, 0.5) is 11.4 Å². The van der Waals surface area contributed by atoms with Gasteiger partial charge in [-0.25, -0.2) is 8.42 Å². The quantitative estimate of drug-likeness (QED) is 0.419. The first-order valence-corrected chi connectivity index (χ1v) is 12.1. The fourth-order valence-corrected chi connectivity index (χ4v) is 5.33. The number of carbonyl (C=O) groups is 1. The maximum Gasteiger partial charge on any atom is 0.265 e. The fraction of sp³-hybridized carbons (Fsp3) is 0.154. The minimum Gasteiger partial charge on any atom is -0.497 e. The summed E-state index contributed by atoms with van der Waals surface area (Å²) < 4.78 is 34.1. The van der Waals surface area contributed by atoms with Crippen molar-refractivity contribution >= 4 is 38.1 Å². The molecule has 8 heteroatoms. The van der Waals surface area contributed by atoms with E-state index in [1.54, 1.807) is 54.9 Å². The number of pyridine rings is 1. The molecule has 0 bridgehead atoms. The number of carbonyl (C=O) groups excluding carboxylic acids is 1. The molecular weight excluding hydrogens is 450 g/mol. The van der Waals surface area contributed by atoms with Crippen molar-refractivity contribution < 1.29 is 17.9 Å². The van der Waals surface area contributed by atoms with Crippen LogP contribution in [0.5, 0.6) is 5.75 Å². The molecule has 34 heavy (non-hydrogen) atoms. The van der Waals surface area contributed by atoms with Crippen LogP contribution < -0.4 is 14.4 Å². The van der Waals surface area contributed by atoms with Crippen molar-refractivity contribution in [2.75, 3.05) is 23.3 Å². The van der Waals surface area contributed by atoms with Crippen LogP contribution in [0.1, 0.15) is 11.1 Å². The Bertz CT molecular complexity index is 1450. The minimum atomic E-state index is -4.10. The van der Waals surface area contributed by atoms with Crippen molar-refractivity contribution in [3.05, 3.63) is 90.3 Å². The summed E-state index contributed by atoms with van der Waals surface area (Å²) in [6.45, 7) is 3.42. The summed E-state index contributed by atoms with van der Waals surface area (Å²) in [5.41, 5.74) is 2.88. The highest BCUT2D eigenvalue weighted by Gasteiger charge is 2.29. The number of fused-ring (bicyclic) bond motifs is 1. The number of aryl methyl sites for hydroxylation is 2. The molecule has 0 saturated carbocycles. The Hall–Kier alpha value is -3.91. The van der Waals surface area contributed by atoms with Crippen LogP contribution in [0.3, 0.4) is 0 Å². The average molecular weight is 476 g/mol. The van der Waals surface area contributed by atoms with Crippen LogP contribution >= 0.6 is 0 Å². The molecular formula is C26H25N3O4S. The largest absolute Gasteiger partial charge is 0.497 e. The van der Waals surface area contributed by atoms with E-state index in [1.807, 2.05) is 32.0 Å². The Kier molecular flexibility index (Phi) is 6.51. The van der Waals surface area contributed by atoms with Gasteiger partial charge in [-0.1, -0.05) is 24.3 Å². The third-order valence-electron chi connectivity index (χ3n) is 5.52. The summed E-state index contributed by atoms with van der Waals surface area (Å²) in [7, 11) is -2.57. The van der Waals surface area contributed by atoms with Gasteiger partial charge in [0, 0.05) is 28.9 Å². The number of anilines is 2. The molecule has 4 aromatic rings. The van der Waals surface area contributed by atoms with E-state index in [-0.39, 0.29) is 4.90 Å². The second kappa shape index (κ2) is 9.52. The second-order valence-electron chi connectivity index (χ2n) is 7.93. The van der Waals surface area contributed by atoms with Crippen molar-refractivity contribution in [3.63, 3.8) is 0 Å². The van der Waals surface area contributed by atoms with E-state index in [0.29, 0.717) is 27.9 Å². The van der Waals surface area contributed by atoms with Crippen LogP contribution in [0, 0.1) is 13.8 Å². The molecule has 0 radical (unpaired) electrons. The van der Waals surface area contributed by atoms with Crippen molar-refractivity contribution in [3.8, 4) is 5.75 Å². The predicted octanol–water partition coefficient (Wildman–Crippen LogP) is 4.69. The van der Waals surface area contributed by atoms with Crippen LogP contribution in [-0.2, 0) is 14.8 Å². The molecule has 0 unspecified atom stereocenters. The van der Waals surface area contributed by atoms with E-state index in [1.165, 1.54) is 13.2 Å². The van der Waals surface area contributed by atoms with Crippen LogP contribution in [0.15, 0.2) is 84.0 Å². The number of ether oxygens (including phenoxy) is 1. The highest BCUT2D eigenvalue weighted by atomic mass is 32.2. The molecule has 0 aliphatic rings. The van der Waals surface area contributed by atoms with Gasteiger partial charge in [0.1, 0.15) is 12.3 Å². The molecule has 7 nitrogen and oxygen atoms in total. The Morgan fingerprint density at radius 2 is 1.79 bits per heavy atom. The monoisotopic (exact) mass is 475 g/mol. The van der Waals surface area contributed by atoms with Gasteiger partial charge in [0.25, 0.3) is 10.0 Å². The first kappa shape index (κ1) is 23.3. The summed E-state index contributed by atoms with van der Waals surface area (Å²) in [6, 6.07) is 18.9. The zero-order valence-corrected chi connectivity index (χ0v) is 20.0. The lowest BCUT2D eigenvalue weighted by Gasteiger charge is -2.25. The molecule has 0 fully saturated rings. The topological polar surface area (TPSA) is 88.6 Å². The van der Waals surface area contributed by atoms with Crippen molar-refractivity contribution in [2.24, 2.45) is 0 Å². The standard InChI is InChI=1S/C26H25N3O4S/c1-18-7-8-19(2)24(15-18)28-26(30)17-29(21-9-11-22(33-3)12-10-21)34(31,32)25-6-4-5-20-16-27-14-13-23(20)25/h4-16H,17H2,1-3H3,(H,28,30). The third kappa shape index (κ3) is 4.72. The van der Waals surface area contributed by atoms with Gasteiger partial charge >= 0.3 is 0 Å². The summed E-state index contributed by atoms with van der Waals surface area (Å²) in [6.07, 6.45) is 3.16. The molecule has 0 aliphatic carbocycles. The van der Waals surface area contributed by atoms with Crippen LogP contribution in [0.2, 0.25) is 0 Å². The van der Waals surface area contributed by atoms with Gasteiger partial charge in [0.15, 0.2) is 0 Å². The first-order chi connectivity index (χ1) is 16.3. The molecule has 3 aromatic carbocycles. The number of sulfonamides is 1. The van der Waals surface area contributed by atoms with Gasteiger partial charge in [0.2, 0.25) is 5.91 Å². The SMILES string of the molecule is COc1ccc(N(CC(=O)Nc2cc(C)ccc2C)S(=O)(=O)c2cccc3cnccc23)cc1. The summed E-state index contributed by atoms with van der Waals surface area (Å²) in [5, 5.41) is 4.08. The molecule has 174 valence electrons. The zero-order valence-electron chi connectivity index (χ0n) is 19.1. The van der Waals surface area contributed by atoms with Gasteiger partial charge in [-0.15, -0.1) is 0 Å². The predicted molar refractivity (Wildman–Crippen MR) is 134 cm³/mol. The number of hydrogen-bond donors (Lipinski definition) is 1. The van der Waals surface area contributed by atoms with Crippen LogP contribution in [-0.4, -0.2) is 33.0 Å². The van der Waals surface area contributed by atoms with Gasteiger partial charge in [-0.3, -0.25) is 14.1 Å². The van der Waals surface area contributed by atoms with Gasteiger partial charge in [0.05, 0.1) is 17.7 Å². The Morgan fingerprint density at radius 3 is 2.53 bits per heavy atom. The van der Waals surface area contributed by atoms with Crippen molar-refractivity contribution in [2.45, 2.75) is 18.7 Å². The van der Waals surface area contributed by atoms with Gasteiger partial charge < -0.3 is 10.1 Å². The van der Waals surface area contributed by atoms with Crippen LogP contribution in [0.25, 0.3) is 10.8 Å². The summed E-state index contributed by atoms with van der Waals surface area (Å²) in [5.74, 6) is 0.132. The number of nitrogens with one attached hydrogen (secondary N) is 1. The zero-order chi connectivity index (χ0) is 24.3. The Labute approximate surface area is 199 Å². The third-order valence-corrected chi connectivity index (χ3v) is 7.36. The molecule has 1 heterocycles. The number of hydrogen-bond acceptors (Lipinski definition) is 5. The number of amides is 1. The minimum absolute atomic E-state index is 0.0998. The summed E-state index contributed by atoms with van der Waals surface area (Å²) >= 11 is 0. The maximum absolute atomic E-state index is 13.9. The number of aromatic nitrogens is 1. The lowest BCUT2D eigenvalue weighted by Crippen LogP contribution is -2.38. The molecule has 0 saturated heterocycles. The van der Waals surface area contributed by atoms with Crippen molar-refractivity contribution in [1.29, 1.82) is 0 Å². The van der Waals surface area contributed by atoms with Gasteiger partial charge in [-0.2, -0.15) is 0 Å². The fourth-order valence-electron chi connectivity index (χ4n) is 3.69. The Morgan fingerprint density at radius 1 is 1.03 bits per heavy atom. The molecule has 0 spiro atoms. The van der Waals surface area contributed by atoms with E-state index in [9.17, 15) is 13.2 Å². The van der Waals surface area contributed by atoms with E-state index in [4.69, 9.17) is 4.74 Å². The Balaban J connectivity index is 1.76. The smallest absolute Gasteiger partial charge is 0.265 e. The van der Waals surface area contributed by atoms with E-state index in [2.05, 4.69) is 10.3 Å². The summed E-state index contributed by atoms with van der Waals surface area (Å²) in [4.78, 5) is 17.3. The first-order valence-electron chi connectivity index (χ1n) is 10.7. The lowest BCUT2D eigenvalue weighted by atomic mass is 10.1. The maximum atomic E-state index is 13.9. The number of benzene rings is 3. The van der Waals surface area contributed by atoms with E-state index >= 15 is 0 Å². The van der Waals surface area contributed by atoms with Gasteiger partial charge in [-0.05, 0) is 67.4 Å². The molecule has 0 aliphatic heterocycles.